The van der Waals surface area contributed by atoms with Crippen LogP contribution >= 0.6 is 0 Å². The van der Waals surface area contributed by atoms with E-state index in [-0.39, 0.29) is 5.91 Å². The number of aryl methyl sites for hydroxylation is 1. The molecule has 24 heavy (non-hydrogen) atoms. The molecule has 2 saturated heterocycles. The van der Waals surface area contributed by atoms with E-state index in [1.54, 1.807) is 0 Å². The van der Waals surface area contributed by atoms with Gasteiger partial charge in [0.2, 0.25) is 5.91 Å². The molecule has 4 rings (SSSR count). The first-order valence-corrected chi connectivity index (χ1v) is 8.94. The van der Waals surface area contributed by atoms with E-state index in [1.807, 2.05) is 29.4 Å². The number of carbonyl (C=O) groups excluding carboxylic acids is 1. The lowest BCUT2D eigenvalue weighted by molar-refractivity contribution is -0.130. The van der Waals surface area contributed by atoms with Gasteiger partial charge in [-0.3, -0.25) is 9.69 Å². The van der Waals surface area contributed by atoms with Crippen molar-refractivity contribution in [2.24, 2.45) is 0 Å². The van der Waals surface area contributed by atoms with E-state index in [9.17, 15) is 4.79 Å². The van der Waals surface area contributed by atoms with E-state index >= 15 is 0 Å². The van der Waals surface area contributed by atoms with Crippen LogP contribution < -0.4 is 5.32 Å². The van der Waals surface area contributed by atoms with E-state index in [1.165, 1.54) is 0 Å². The van der Waals surface area contributed by atoms with Crippen LogP contribution in [0.2, 0.25) is 0 Å². The third-order valence-corrected chi connectivity index (χ3v) is 5.28. The van der Waals surface area contributed by atoms with E-state index in [2.05, 4.69) is 25.8 Å². The van der Waals surface area contributed by atoms with Crippen molar-refractivity contribution < 1.29 is 4.79 Å². The molecule has 2 aliphatic heterocycles. The molecule has 2 aromatic rings. The van der Waals surface area contributed by atoms with Crippen LogP contribution in [-0.2, 0) is 11.3 Å². The van der Waals surface area contributed by atoms with Gasteiger partial charge in [0.25, 0.3) is 0 Å². The molecule has 0 radical (unpaired) electrons. The Morgan fingerprint density at radius 1 is 1.21 bits per heavy atom. The van der Waals surface area contributed by atoms with Gasteiger partial charge >= 0.3 is 0 Å². The summed E-state index contributed by atoms with van der Waals surface area (Å²) in [6.07, 6.45) is 3.50. The number of hydrogen-bond donors (Lipinski definition) is 1. The van der Waals surface area contributed by atoms with Gasteiger partial charge in [-0.25, -0.2) is 4.98 Å². The van der Waals surface area contributed by atoms with Crippen LogP contribution in [0.1, 0.15) is 12.8 Å². The third kappa shape index (κ3) is 3.16. The van der Waals surface area contributed by atoms with E-state index in [0.29, 0.717) is 19.0 Å². The zero-order chi connectivity index (χ0) is 16.4. The fourth-order valence-corrected chi connectivity index (χ4v) is 3.88. The maximum Gasteiger partial charge on any atom is 0.224 e. The van der Waals surface area contributed by atoms with Crippen LogP contribution in [0.4, 0.5) is 0 Å². The highest BCUT2D eigenvalue weighted by Gasteiger charge is 2.30. The molecular formula is C18H25N5O. The maximum absolute atomic E-state index is 12.6. The quantitative estimate of drug-likeness (QED) is 0.908. The number of imidazole rings is 1. The molecule has 1 aromatic carbocycles. The number of aromatic nitrogens is 2. The van der Waals surface area contributed by atoms with Crippen molar-refractivity contribution in [1.29, 1.82) is 0 Å². The summed E-state index contributed by atoms with van der Waals surface area (Å²) in [6, 6.07) is 8.62. The molecule has 1 aromatic heterocycles. The second kappa shape index (κ2) is 6.91. The molecule has 2 fully saturated rings. The van der Waals surface area contributed by atoms with Gasteiger partial charge in [-0.2, -0.15) is 0 Å². The minimum Gasteiger partial charge on any atom is -0.341 e. The van der Waals surface area contributed by atoms with Crippen molar-refractivity contribution in [3.63, 3.8) is 0 Å². The zero-order valence-electron chi connectivity index (χ0n) is 14.0. The average molecular weight is 327 g/mol. The first-order chi connectivity index (χ1) is 11.8. The topological polar surface area (TPSA) is 53.4 Å². The first kappa shape index (κ1) is 15.6. The van der Waals surface area contributed by atoms with Crippen molar-refractivity contribution in [3.8, 4) is 0 Å². The van der Waals surface area contributed by atoms with E-state index in [0.717, 1.165) is 56.7 Å². The van der Waals surface area contributed by atoms with Crippen LogP contribution in [0.5, 0.6) is 0 Å². The maximum atomic E-state index is 12.6. The van der Waals surface area contributed by atoms with Gasteiger partial charge in [0.05, 0.1) is 17.4 Å². The lowest BCUT2D eigenvalue weighted by Crippen LogP contribution is -2.49. The number of nitrogens with one attached hydrogen (secondary N) is 1. The SMILES string of the molecule is O=C(CCn1cnc2ccccc21)N1CCC(N2CCNCC2)C1. The number of nitrogens with zero attached hydrogens (tertiary/aromatic N) is 4. The molecule has 0 saturated carbocycles. The lowest BCUT2D eigenvalue weighted by Gasteiger charge is -2.32. The van der Waals surface area contributed by atoms with Crippen LogP contribution in [0, 0.1) is 0 Å². The molecule has 0 aliphatic carbocycles. The largest absolute Gasteiger partial charge is 0.341 e. The third-order valence-electron chi connectivity index (χ3n) is 5.28. The second-order valence-electron chi connectivity index (χ2n) is 6.74. The predicted octanol–water partition coefficient (Wildman–Crippen LogP) is 0.932. The average Bonchev–Trinajstić information content (AvgIpc) is 3.28. The molecule has 2 aliphatic rings. The van der Waals surface area contributed by atoms with E-state index < -0.39 is 0 Å². The molecule has 128 valence electrons. The summed E-state index contributed by atoms with van der Waals surface area (Å²) >= 11 is 0. The van der Waals surface area contributed by atoms with Crippen LogP contribution in [-0.4, -0.2) is 70.6 Å². The molecule has 6 heteroatoms. The number of rotatable bonds is 4. The van der Waals surface area contributed by atoms with Crippen LogP contribution in [0.25, 0.3) is 11.0 Å². The Labute approximate surface area is 142 Å². The summed E-state index contributed by atoms with van der Waals surface area (Å²) in [5.74, 6) is 0.269. The van der Waals surface area contributed by atoms with Gasteiger partial charge in [-0.15, -0.1) is 0 Å². The van der Waals surface area contributed by atoms with Gasteiger partial charge in [0.1, 0.15) is 0 Å². The number of likely N-dealkylation sites (tertiary alicyclic amines) is 1. The van der Waals surface area contributed by atoms with Gasteiger partial charge in [0.15, 0.2) is 0 Å². The second-order valence-corrected chi connectivity index (χ2v) is 6.74. The molecule has 6 nitrogen and oxygen atoms in total. The van der Waals surface area contributed by atoms with Crippen LogP contribution in [0.15, 0.2) is 30.6 Å². The number of piperazine rings is 1. The molecule has 1 N–H and O–H groups in total. The standard InChI is InChI=1S/C18H25N5O/c24-18(6-10-23-14-20-16-3-1-2-4-17(16)23)22-9-5-15(13-22)21-11-7-19-8-12-21/h1-4,14-15,19H,5-13H2. The molecule has 0 bridgehead atoms. The number of fused-ring (bicyclic) bond motifs is 1. The minimum atomic E-state index is 0.269. The highest BCUT2D eigenvalue weighted by molar-refractivity contribution is 5.77. The van der Waals surface area contributed by atoms with Gasteiger partial charge in [-0.05, 0) is 18.6 Å². The first-order valence-electron chi connectivity index (χ1n) is 8.94. The summed E-state index contributed by atoms with van der Waals surface area (Å²) in [4.78, 5) is 21.5. The fraction of sp³-hybridized carbons (Fsp3) is 0.556. The molecule has 1 unspecified atom stereocenters. The Hall–Kier alpha value is -1.92. The predicted molar refractivity (Wildman–Crippen MR) is 93.8 cm³/mol. The summed E-state index contributed by atoms with van der Waals surface area (Å²) < 4.78 is 2.08. The highest BCUT2D eigenvalue weighted by atomic mass is 16.2. The van der Waals surface area contributed by atoms with Gasteiger partial charge in [0, 0.05) is 58.3 Å². The smallest absolute Gasteiger partial charge is 0.224 e. The van der Waals surface area contributed by atoms with Crippen molar-refractivity contribution in [3.05, 3.63) is 30.6 Å². The minimum absolute atomic E-state index is 0.269. The van der Waals surface area contributed by atoms with Crippen molar-refractivity contribution in [2.45, 2.75) is 25.4 Å². The van der Waals surface area contributed by atoms with Crippen molar-refractivity contribution in [2.75, 3.05) is 39.3 Å². The van der Waals surface area contributed by atoms with Crippen molar-refractivity contribution >= 4 is 16.9 Å². The molecular weight excluding hydrogens is 302 g/mol. The Bertz CT molecular complexity index is 706. The normalized spacial score (nSPS) is 22.3. The van der Waals surface area contributed by atoms with E-state index in [4.69, 9.17) is 0 Å². The Balaban J connectivity index is 1.32. The number of amides is 1. The molecule has 1 amide bonds. The lowest BCUT2D eigenvalue weighted by atomic mass is 10.2. The zero-order valence-corrected chi connectivity index (χ0v) is 14.0. The Kier molecular flexibility index (Phi) is 4.49. The Morgan fingerprint density at radius 3 is 2.92 bits per heavy atom. The monoisotopic (exact) mass is 327 g/mol. The summed E-state index contributed by atoms with van der Waals surface area (Å²) in [7, 11) is 0. The highest BCUT2D eigenvalue weighted by Crippen LogP contribution is 2.18. The fourth-order valence-electron chi connectivity index (χ4n) is 3.88. The van der Waals surface area contributed by atoms with Gasteiger partial charge in [-0.1, -0.05) is 12.1 Å². The Morgan fingerprint density at radius 2 is 2.04 bits per heavy atom. The summed E-state index contributed by atoms with van der Waals surface area (Å²) in [6.45, 7) is 6.84. The molecule has 3 heterocycles. The summed E-state index contributed by atoms with van der Waals surface area (Å²) in [5.41, 5.74) is 2.09. The number of hydrogen-bond acceptors (Lipinski definition) is 4. The van der Waals surface area contributed by atoms with Crippen molar-refractivity contribution in [1.82, 2.24) is 24.7 Å². The number of para-hydroxylation sites is 2. The number of carbonyl (C=O) groups is 1. The number of benzene rings is 1. The van der Waals surface area contributed by atoms with Gasteiger partial charge < -0.3 is 14.8 Å². The van der Waals surface area contributed by atoms with Crippen LogP contribution in [0.3, 0.4) is 0 Å². The summed E-state index contributed by atoms with van der Waals surface area (Å²) in [5, 5.41) is 3.39. The molecule has 0 spiro atoms. The molecule has 1 atom stereocenters.